The highest BCUT2D eigenvalue weighted by molar-refractivity contribution is 7.90. The maximum Gasteiger partial charge on any atom is 0.175 e. The van der Waals surface area contributed by atoms with E-state index in [2.05, 4.69) is 15.2 Å². The second-order valence-corrected chi connectivity index (χ2v) is 8.72. The quantitative estimate of drug-likeness (QED) is 0.718. The Morgan fingerprint density at radius 1 is 1.25 bits per heavy atom. The van der Waals surface area contributed by atoms with Gasteiger partial charge < -0.3 is 0 Å². The van der Waals surface area contributed by atoms with Crippen LogP contribution < -0.4 is 0 Å². The van der Waals surface area contributed by atoms with Crippen LogP contribution in [0, 0.1) is 6.92 Å². The van der Waals surface area contributed by atoms with Crippen molar-refractivity contribution in [3.05, 3.63) is 40.7 Å². The van der Waals surface area contributed by atoms with Crippen LogP contribution in [-0.4, -0.2) is 29.9 Å². The van der Waals surface area contributed by atoms with Crippen molar-refractivity contribution in [3.63, 3.8) is 0 Å². The predicted octanol–water partition coefficient (Wildman–Crippen LogP) is 3.87. The van der Waals surface area contributed by atoms with Gasteiger partial charge in [0.05, 0.1) is 21.8 Å². The molecule has 24 heavy (non-hydrogen) atoms. The van der Waals surface area contributed by atoms with Gasteiger partial charge in [0.2, 0.25) is 0 Å². The first-order chi connectivity index (χ1) is 11.3. The van der Waals surface area contributed by atoms with E-state index in [-0.39, 0.29) is 0 Å². The van der Waals surface area contributed by atoms with E-state index in [0.29, 0.717) is 21.5 Å². The van der Waals surface area contributed by atoms with Gasteiger partial charge in [0.15, 0.2) is 9.84 Å². The summed E-state index contributed by atoms with van der Waals surface area (Å²) in [4.78, 5) is 4.84. The Balaban J connectivity index is 1.96. The van der Waals surface area contributed by atoms with Gasteiger partial charge in [-0.05, 0) is 37.5 Å². The van der Waals surface area contributed by atoms with E-state index in [4.69, 9.17) is 11.6 Å². The molecule has 1 aliphatic rings. The molecule has 1 aromatic carbocycles. The topological polar surface area (TPSA) is 75.7 Å². The number of hydrogen-bond donors (Lipinski definition) is 1. The first-order valence-corrected chi connectivity index (χ1v) is 9.97. The number of nitrogens with zero attached hydrogens (tertiary/aromatic N) is 2. The van der Waals surface area contributed by atoms with Gasteiger partial charge in [0.1, 0.15) is 5.15 Å². The first kappa shape index (κ1) is 15.6. The molecule has 0 bridgehead atoms. The van der Waals surface area contributed by atoms with E-state index in [1.807, 2.05) is 6.07 Å². The lowest BCUT2D eigenvalue weighted by atomic mass is 10.0. The molecule has 7 heteroatoms. The van der Waals surface area contributed by atoms with E-state index >= 15 is 0 Å². The third-order valence-corrected chi connectivity index (χ3v) is 5.80. The molecule has 1 N–H and O–H groups in total. The molecule has 1 aliphatic carbocycles. The monoisotopic (exact) mass is 361 g/mol. The summed E-state index contributed by atoms with van der Waals surface area (Å²) in [7, 11) is -3.25. The molecule has 124 valence electrons. The summed E-state index contributed by atoms with van der Waals surface area (Å²) in [5, 5.41) is 8.85. The van der Waals surface area contributed by atoms with Crippen molar-refractivity contribution in [2.45, 2.75) is 30.6 Å². The van der Waals surface area contributed by atoms with Crippen molar-refractivity contribution < 1.29 is 8.42 Å². The molecule has 0 spiro atoms. The van der Waals surface area contributed by atoms with Gasteiger partial charge in [-0.25, -0.2) is 13.4 Å². The van der Waals surface area contributed by atoms with Crippen LogP contribution in [0.4, 0.5) is 0 Å². The number of nitrogens with one attached hydrogen (secondary N) is 1. The fraction of sp³-hybridized carbons (Fsp3) is 0.294. The molecule has 4 rings (SSSR count). The minimum atomic E-state index is -3.25. The van der Waals surface area contributed by atoms with Gasteiger partial charge in [0, 0.05) is 29.2 Å². The number of benzene rings is 1. The third kappa shape index (κ3) is 2.59. The summed E-state index contributed by atoms with van der Waals surface area (Å²) in [5.74, 6) is 0.469. The van der Waals surface area contributed by atoms with Gasteiger partial charge in [-0.2, -0.15) is 5.10 Å². The van der Waals surface area contributed by atoms with E-state index < -0.39 is 9.84 Å². The molecule has 1 fully saturated rings. The third-order valence-electron chi connectivity index (χ3n) is 4.35. The van der Waals surface area contributed by atoms with Crippen LogP contribution >= 0.6 is 11.6 Å². The van der Waals surface area contributed by atoms with Crippen molar-refractivity contribution in [2.75, 3.05) is 6.26 Å². The van der Waals surface area contributed by atoms with Crippen LogP contribution in [0.3, 0.4) is 0 Å². The summed E-state index contributed by atoms with van der Waals surface area (Å²) in [6, 6.07) is 7.03. The van der Waals surface area contributed by atoms with Gasteiger partial charge in [-0.1, -0.05) is 17.7 Å². The summed E-state index contributed by atoms with van der Waals surface area (Å²) >= 11 is 6.17. The largest absolute Gasteiger partial charge is 0.277 e. The van der Waals surface area contributed by atoms with Crippen LogP contribution in [0.25, 0.3) is 22.2 Å². The number of aromatic amines is 1. The number of pyridine rings is 1. The van der Waals surface area contributed by atoms with Gasteiger partial charge in [0.25, 0.3) is 0 Å². The van der Waals surface area contributed by atoms with Crippen LogP contribution in [0.1, 0.15) is 30.0 Å². The average molecular weight is 362 g/mol. The Hall–Kier alpha value is -1.92. The smallest absolute Gasteiger partial charge is 0.175 e. The summed E-state index contributed by atoms with van der Waals surface area (Å²) in [6.45, 7) is 1.79. The number of fused-ring (bicyclic) bond motifs is 1. The number of H-pyrrole nitrogens is 1. The molecule has 0 amide bonds. The number of aromatic nitrogens is 3. The molecule has 0 unspecified atom stereocenters. The molecule has 3 aromatic rings. The molecule has 0 saturated heterocycles. The van der Waals surface area contributed by atoms with Crippen LogP contribution in [0.5, 0.6) is 0 Å². The second kappa shape index (κ2) is 5.29. The standard InChI is InChI=1S/C17H16ClN3O2S/c1-9-7-11(5-6-13(9)24(2,22)23)16-15-12(8-14(18)19-16)20-21-17(15)10-3-4-10/h5-8,10H,3-4H2,1-2H3,(H,20,21). The van der Waals surface area contributed by atoms with E-state index in [1.165, 1.54) is 6.26 Å². The SMILES string of the molecule is Cc1cc(-c2nc(Cl)cc3[nH]nc(C4CC4)c23)ccc1S(C)(=O)=O. The number of rotatable bonds is 3. The Bertz CT molecular complexity index is 1070. The van der Waals surface area contributed by atoms with Crippen molar-refractivity contribution in [1.82, 2.24) is 15.2 Å². The maximum atomic E-state index is 11.8. The zero-order valence-corrected chi connectivity index (χ0v) is 14.9. The molecule has 0 aliphatic heterocycles. The zero-order valence-electron chi connectivity index (χ0n) is 13.3. The maximum absolute atomic E-state index is 11.8. The van der Waals surface area contributed by atoms with Crippen LogP contribution in [0.15, 0.2) is 29.2 Å². The molecule has 0 atom stereocenters. The predicted molar refractivity (Wildman–Crippen MR) is 94.2 cm³/mol. The van der Waals surface area contributed by atoms with E-state index in [0.717, 1.165) is 40.7 Å². The second-order valence-electron chi connectivity index (χ2n) is 6.35. The minimum Gasteiger partial charge on any atom is -0.277 e. The highest BCUT2D eigenvalue weighted by atomic mass is 35.5. The lowest BCUT2D eigenvalue weighted by Crippen LogP contribution is -2.00. The summed E-state index contributed by atoms with van der Waals surface area (Å²) in [5.41, 5.74) is 4.17. The molecule has 2 heterocycles. The van der Waals surface area contributed by atoms with E-state index in [1.54, 1.807) is 25.1 Å². The van der Waals surface area contributed by atoms with Crippen molar-refractivity contribution >= 4 is 32.3 Å². The number of aryl methyl sites for hydroxylation is 1. The minimum absolute atomic E-state index is 0.333. The normalized spacial score (nSPS) is 15.1. The fourth-order valence-electron chi connectivity index (χ4n) is 3.11. The Labute approximate surface area is 145 Å². The van der Waals surface area contributed by atoms with E-state index in [9.17, 15) is 8.42 Å². The van der Waals surface area contributed by atoms with Crippen molar-refractivity contribution in [3.8, 4) is 11.3 Å². The van der Waals surface area contributed by atoms with Crippen LogP contribution in [0.2, 0.25) is 5.15 Å². The van der Waals surface area contributed by atoms with Crippen LogP contribution in [-0.2, 0) is 9.84 Å². The molecule has 2 aromatic heterocycles. The first-order valence-electron chi connectivity index (χ1n) is 7.70. The molecule has 5 nitrogen and oxygen atoms in total. The Morgan fingerprint density at radius 3 is 2.62 bits per heavy atom. The lowest BCUT2D eigenvalue weighted by Gasteiger charge is -2.09. The molecular weight excluding hydrogens is 346 g/mol. The van der Waals surface area contributed by atoms with Gasteiger partial charge >= 0.3 is 0 Å². The highest BCUT2D eigenvalue weighted by Gasteiger charge is 2.30. The number of hydrogen-bond acceptors (Lipinski definition) is 4. The lowest BCUT2D eigenvalue weighted by molar-refractivity contribution is 0.601. The number of sulfone groups is 1. The summed E-state index contributed by atoms with van der Waals surface area (Å²) < 4.78 is 23.7. The van der Waals surface area contributed by atoms with Crippen molar-refractivity contribution in [1.29, 1.82) is 0 Å². The zero-order chi connectivity index (χ0) is 17.1. The van der Waals surface area contributed by atoms with Gasteiger partial charge in [-0.15, -0.1) is 0 Å². The van der Waals surface area contributed by atoms with Gasteiger partial charge in [-0.3, -0.25) is 5.10 Å². The highest BCUT2D eigenvalue weighted by Crippen LogP contribution is 2.44. The summed E-state index contributed by atoms with van der Waals surface area (Å²) in [6.07, 6.45) is 3.48. The molecule has 1 saturated carbocycles. The average Bonchev–Trinajstić information content (AvgIpc) is 3.25. The molecule has 0 radical (unpaired) electrons. The fourth-order valence-corrected chi connectivity index (χ4v) is 4.26. The Kier molecular flexibility index (Phi) is 3.44. The number of halogens is 1. The van der Waals surface area contributed by atoms with Crippen molar-refractivity contribution in [2.24, 2.45) is 0 Å². The Morgan fingerprint density at radius 2 is 2.00 bits per heavy atom. The molecular formula is C17H16ClN3O2S.